The number of piperidine rings is 1. The van der Waals surface area contributed by atoms with Crippen LogP contribution in [0.25, 0.3) is 0 Å². The minimum Gasteiger partial charge on any atom is -0.458 e. The maximum absolute atomic E-state index is 11.5. The number of amides is 1. The minimum atomic E-state index is -0.484. The van der Waals surface area contributed by atoms with Crippen LogP contribution in [0.4, 0.5) is 0 Å². The molecule has 2 aliphatic heterocycles. The molecule has 2 saturated heterocycles. The van der Waals surface area contributed by atoms with Crippen molar-refractivity contribution in [3.05, 3.63) is 12.4 Å². The van der Waals surface area contributed by atoms with E-state index in [4.69, 9.17) is 14.0 Å². The minimum absolute atomic E-state index is 0.0691. The summed E-state index contributed by atoms with van der Waals surface area (Å²) in [4.78, 5) is 21.9. The van der Waals surface area contributed by atoms with Crippen LogP contribution >= 0.6 is 0 Å². The van der Waals surface area contributed by atoms with Crippen molar-refractivity contribution in [3.63, 3.8) is 0 Å². The zero-order chi connectivity index (χ0) is 18.2. The molecule has 0 bridgehead atoms. The van der Waals surface area contributed by atoms with Crippen LogP contribution in [-0.2, 0) is 14.1 Å². The van der Waals surface area contributed by atoms with Crippen molar-refractivity contribution in [2.24, 2.45) is 0 Å². The lowest BCUT2D eigenvalue weighted by molar-refractivity contribution is -0.131. The zero-order valence-corrected chi connectivity index (χ0v) is 15.6. The molecule has 0 aromatic carbocycles. The van der Waals surface area contributed by atoms with Gasteiger partial charge < -0.3 is 18.9 Å². The Labute approximate surface area is 149 Å². The maximum atomic E-state index is 11.5. The molecule has 136 valence electrons. The second-order valence-corrected chi connectivity index (χ2v) is 7.73. The normalized spacial score (nSPS) is 25.1. The quantitative estimate of drug-likeness (QED) is 0.764. The first kappa shape index (κ1) is 18.1. The Balaban J connectivity index is 1.62. The second kappa shape index (κ2) is 6.57. The molecule has 1 amide bonds. The molecule has 3 heterocycles. The Morgan fingerprint density at radius 1 is 1.24 bits per heavy atom. The van der Waals surface area contributed by atoms with Gasteiger partial charge >= 0.3 is 13.1 Å². The molecule has 2 aliphatic rings. The zero-order valence-electron chi connectivity index (χ0n) is 15.6. The van der Waals surface area contributed by atoms with E-state index >= 15 is 0 Å². The number of likely N-dealkylation sites (tertiary alicyclic amines) is 1. The average Bonchev–Trinajstić information content (AvgIpc) is 2.76. The van der Waals surface area contributed by atoms with Crippen LogP contribution in [0.2, 0.25) is 0 Å². The molecule has 0 N–H and O–H groups in total. The van der Waals surface area contributed by atoms with Gasteiger partial charge in [-0.3, -0.25) is 4.79 Å². The second-order valence-electron chi connectivity index (χ2n) is 7.73. The van der Waals surface area contributed by atoms with E-state index in [9.17, 15) is 4.79 Å². The number of carbonyl (C=O) groups is 1. The topological polar surface area (TPSA) is 73.8 Å². The van der Waals surface area contributed by atoms with Gasteiger partial charge in [0, 0.05) is 31.3 Å². The predicted octanol–water partition coefficient (Wildman–Crippen LogP) is 1.17. The van der Waals surface area contributed by atoms with Gasteiger partial charge in [-0.2, -0.15) is 0 Å². The van der Waals surface area contributed by atoms with Crippen LogP contribution in [-0.4, -0.2) is 58.3 Å². The molecule has 0 aliphatic carbocycles. The summed E-state index contributed by atoms with van der Waals surface area (Å²) in [5, 5.41) is 0. The van der Waals surface area contributed by atoms with Crippen molar-refractivity contribution in [1.29, 1.82) is 0 Å². The molecule has 8 heteroatoms. The molecule has 0 unspecified atom stereocenters. The van der Waals surface area contributed by atoms with Crippen molar-refractivity contribution in [3.8, 4) is 6.01 Å². The first-order valence-corrected chi connectivity index (χ1v) is 8.78. The van der Waals surface area contributed by atoms with Crippen LogP contribution in [0.5, 0.6) is 6.01 Å². The van der Waals surface area contributed by atoms with Gasteiger partial charge in [0.2, 0.25) is 5.91 Å². The summed E-state index contributed by atoms with van der Waals surface area (Å²) in [6, 6.07) is 0.315. The summed E-state index contributed by atoms with van der Waals surface area (Å²) in [5.74, 6) is 0.0744. The van der Waals surface area contributed by atoms with E-state index in [0.29, 0.717) is 12.6 Å². The smallest absolute Gasteiger partial charge is 0.458 e. The first-order chi connectivity index (χ1) is 11.7. The van der Waals surface area contributed by atoms with E-state index < -0.39 is 18.3 Å². The van der Waals surface area contributed by atoms with Crippen molar-refractivity contribution in [1.82, 2.24) is 14.9 Å². The van der Waals surface area contributed by atoms with Gasteiger partial charge in [-0.1, -0.05) is 0 Å². The highest BCUT2D eigenvalue weighted by molar-refractivity contribution is 6.61. The van der Waals surface area contributed by atoms with Gasteiger partial charge in [-0.15, -0.1) is 0 Å². The number of rotatable bonds is 3. The molecule has 1 atom stereocenters. The number of ether oxygens (including phenoxy) is 1. The molecule has 1 aromatic rings. The number of hydrogen-bond acceptors (Lipinski definition) is 6. The van der Waals surface area contributed by atoms with Crippen LogP contribution in [0, 0.1) is 0 Å². The molecule has 0 saturated carbocycles. The largest absolute Gasteiger partial charge is 0.498 e. The highest BCUT2D eigenvalue weighted by atomic mass is 16.7. The molecule has 0 spiro atoms. The van der Waals surface area contributed by atoms with Crippen LogP contribution in [0.1, 0.15) is 47.5 Å². The Hall–Kier alpha value is -1.67. The van der Waals surface area contributed by atoms with Gasteiger partial charge in [-0.25, -0.2) is 9.97 Å². The summed E-state index contributed by atoms with van der Waals surface area (Å²) < 4.78 is 17.8. The van der Waals surface area contributed by atoms with Gasteiger partial charge in [0.05, 0.1) is 17.7 Å². The van der Waals surface area contributed by atoms with E-state index in [-0.39, 0.29) is 12.0 Å². The summed E-state index contributed by atoms with van der Waals surface area (Å²) >= 11 is 0. The molecule has 2 fully saturated rings. The third-order valence-corrected chi connectivity index (χ3v) is 5.27. The lowest BCUT2D eigenvalue weighted by atomic mass is 9.81. The third kappa shape index (κ3) is 3.79. The average molecular weight is 347 g/mol. The summed E-state index contributed by atoms with van der Waals surface area (Å²) in [6.45, 7) is 11.0. The SMILES string of the molecule is CC(=O)N1CCC[C@@H](Oc2ncc(B3OC(C)(C)C(C)(C)O3)cn2)C1. The molecule has 25 heavy (non-hydrogen) atoms. The number of aromatic nitrogens is 2. The Morgan fingerprint density at radius 2 is 1.84 bits per heavy atom. The van der Waals surface area contributed by atoms with E-state index in [1.54, 1.807) is 24.2 Å². The van der Waals surface area contributed by atoms with Crippen LogP contribution < -0.4 is 10.2 Å². The van der Waals surface area contributed by atoms with Gasteiger partial charge in [0.1, 0.15) is 6.10 Å². The van der Waals surface area contributed by atoms with Crippen molar-refractivity contribution >= 4 is 18.5 Å². The van der Waals surface area contributed by atoms with Gasteiger partial charge in [0.15, 0.2) is 0 Å². The van der Waals surface area contributed by atoms with Crippen molar-refractivity contribution in [2.45, 2.75) is 64.8 Å². The number of hydrogen-bond donors (Lipinski definition) is 0. The van der Waals surface area contributed by atoms with E-state index in [0.717, 1.165) is 24.8 Å². The van der Waals surface area contributed by atoms with Crippen LogP contribution in [0.3, 0.4) is 0 Å². The summed E-state index contributed by atoms with van der Waals surface area (Å²) in [6.07, 6.45) is 5.11. The molecule has 0 radical (unpaired) electrons. The number of nitrogens with zero attached hydrogens (tertiary/aromatic N) is 3. The Kier molecular flexibility index (Phi) is 4.77. The molecule has 7 nitrogen and oxygen atoms in total. The molecular formula is C17H26BN3O4. The molecular weight excluding hydrogens is 321 g/mol. The van der Waals surface area contributed by atoms with Crippen molar-refractivity contribution in [2.75, 3.05) is 13.1 Å². The van der Waals surface area contributed by atoms with E-state index in [2.05, 4.69) is 9.97 Å². The lowest BCUT2D eigenvalue weighted by Crippen LogP contribution is -2.43. The van der Waals surface area contributed by atoms with Crippen molar-refractivity contribution < 1.29 is 18.8 Å². The van der Waals surface area contributed by atoms with Gasteiger partial charge in [0.25, 0.3) is 0 Å². The summed E-state index contributed by atoms with van der Waals surface area (Å²) in [5.41, 5.74) is -0.0316. The fourth-order valence-corrected chi connectivity index (χ4v) is 2.96. The summed E-state index contributed by atoms with van der Waals surface area (Å²) in [7, 11) is -0.484. The lowest BCUT2D eigenvalue weighted by Gasteiger charge is -2.32. The third-order valence-electron chi connectivity index (χ3n) is 5.27. The Bertz CT molecular complexity index is 619. The maximum Gasteiger partial charge on any atom is 0.498 e. The highest BCUT2D eigenvalue weighted by Crippen LogP contribution is 2.36. The van der Waals surface area contributed by atoms with E-state index in [1.165, 1.54) is 0 Å². The monoisotopic (exact) mass is 347 g/mol. The fourth-order valence-electron chi connectivity index (χ4n) is 2.96. The standard InChI is InChI=1S/C17H26BN3O4/c1-12(22)21-8-6-7-14(11-21)23-15-19-9-13(10-20-15)18-24-16(2,3)17(4,5)25-18/h9-10,14H,6-8,11H2,1-5H3/t14-/m1/s1. The molecule has 1 aromatic heterocycles. The highest BCUT2D eigenvalue weighted by Gasteiger charge is 2.52. The van der Waals surface area contributed by atoms with E-state index in [1.807, 2.05) is 27.7 Å². The fraction of sp³-hybridized carbons (Fsp3) is 0.706. The Morgan fingerprint density at radius 3 is 2.40 bits per heavy atom. The van der Waals surface area contributed by atoms with Gasteiger partial charge in [-0.05, 0) is 40.5 Å². The number of carbonyl (C=O) groups excluding carboxylic acids is 1. The molecule has 3 rings (SSSR count). The first-order valence-electron chi connectivity index (χ1n) is 8.78. The predicted molar refractivity (Wildman–Crippen MR) is 93.7 cm³/mol. The van der Waals surface area contributed by atoms with Crippen LogP contribution in [0.15, 0.2) is 12.4 Å².